The molecule has 0 bridgehead atoms. The minimum Gasteiger partial charge on any atom is -0.494 e. The van der Waals surface area contributed by atoms with Crippen LogP contribution in [0.3, 0.4) is 0 Å². The van der Waals surface area contributed by atoms with Crippen molar-refractivity contribution < 1.29 is 19.4 Å². The molecule has 0 spiro atoms. The molecule has 1 atom stereocenters. The van der Waals surface area contributed by atoms with Crippen LogP contribution in [0.1, 0.15) is 18.4 Å². The maximum absolute atomic E-state index is 12.4. The molecule has 0 fully saturated rings. The zero-order valence-electron chi connectivity index (χ0n) is 13.5. The van der Waals surface area contributed by atoms with Gasteiger partial charge in [0.2, 0.25) is 5.91 Å². The van der Waals surface area contributed by atoms with Crippen LogP contribution < -0.4 is 10.1 Å². The Labute approximate surface area is 142 Å². The molecule has 0 aliphatic rings. The van der Waals surface area contributed by atoms with Gasteiger partial charge in [-0.15, -0.1) is 0 Å². The fourth-order valence-electron chi connectivity index (χ4n) is 2.17. The quantitative estimate of drug-likeness (QED) is 0.633. The molecule has 0 unspecified atom stereocenters. The number of ether oxygens (including phenoxy) is 1. The molecule has 0 radical (unpaired) electrons. The molecular formula is C16H15N3O6. The van der Waals surface area contributed by atoms with Gasteiger partial charge in [0.05, 0.1) is 34.6 Å². The van der Waals surface area contributed by atoms with E-state index in [1.807, 2.05) is 0 Å². The molecule has 1 N–H and O–H groups in total. The topological polar surface area (TPSA) is 125 Å². The summed E-state index contributed by atoms with van der Waals surface area (Å²) in [5, 5.41) is 24.1. The second-order valence-corrected chi connectivity index (χ2v) is 5.20. The van der Waals surface area contributed by atoms with Crippen molar-refractivity contribution in [1.29, 1.82) is 0 Å². The van der Waals surface area contributed by atoms with Gasteiger partial charge in [0.1, 0.15) is 5.75 Å². The third-order valence-corrected chi connectivity index (χ3v) is 3.65. The summed E-state index contributed by atoms with van der Waals surface area (Å²) in [6.07, 6.45) is 0. The molecular weight excluding hydrogens is 330 g/mol. The number of nitro benzene ring substituents is 2. The van der Waals surface area contributed by atoms with Crippen molar-refractivity contribution in [2.24, 2.45) is 0 Å². The lowest BCUT2D eigenvalue weighted by Gasteiger charge is -2.14. The molecule has 0 aliphatic carbocycles. The van der Waals surface area contributed by atoms with E-state index in [2.05, 4.69) is 5.32 Å². The minimum atomic E-state index is -0.583. The number of methoxy groups -OCH3 is 1. The van der Waals surface area contributed by atoms with Gasteiger partial charge < -0.3 is 10.1 Å². The summed E-state index contributed by atoms with van der Waals surface area (Å²) in [7, 11) is 1.34. The maximum atomic E-state index is 12.4. The normalized spacial score (nSPS) is 11.4. The molecule has 130 valence electrons. The fraction of sp³-hybridized carbons (Fsp3) is 0.188. The number of nitrogens with zero attached hydrogens (tertiary/aromatic N) is 2. The number of carbonyl (C=O) groups excluding carboxylic acids is 1. The Hall–Kier alpha value is -3.49. The number of amides is 1. The predicted octanol–water partition coefficient (Wildman–Crippen LogP) is 3.25. The first-order chi connectivity index (χ1) is 11.8. The fourth-order valence-corrected chi connectivity index (χ4v) is 2.17. The zero-order valence-corrected chi connectivity index (χ0v) is 13.5. The first-order valence-corrected chi connectivity index (χ1v) is 7.21. The van der Waals surface area contributed by atoms with E-state index in [0.717, 1.165) is 0 Å². The van der Waals surface area contributed by atoms with Gasteiger partial charge in [-0.25, -0.2) is 0 Å². The zero-order chi connectivity index (χ0) is 18.6. The Kier molecular flexibility index (Phi) is 5.28. The third kappa shape index (κ3) is 4.08. The Balaban J connectivity index is 2.18. The van der Waals surface area contributed by atoms with Crippen molar-refractivity contribution >= 4 is 23.0 Å². The molecule has 25 heavy (non-hydrogen) atoms. The maximum Gasteiger partial charge on any atom is 0.273 e. The van der Waals surface area contributed by atoms with E-state index in [9.17, 15) is 25.0 Å². The first-order valence-electron chi connectivity index (χ1n) is 7.21. The molecule has 1 amide bonds. The van der Waals surface area contributed by atoms with Crippen LogP contribution in [0.4, 0.5) is 17.1 Å². The molecule has 0 saturated carbocycles. The van der Waals surface area contributed by atoms with Crippen molar-refractivity contribution in [3.05, 3.63) is 68.3 Å². The monoisotopic (exact) mass is 345 g/mol. The highest BCUT2D eigenvalue weighted by Crippen LogP contribution is 2.30. The smallest absolute Gasteiger partial charge is 0.273 e. The lowest BCUT2D eigenvalue weighted by molar-refractivity contribution is -0.385. The summed E-state index contributed by atoms with van der Waals surface area (Å²) in [6, 6.07) is 9.53. The molecule has 2 aromatic rings. The summed E-state index contributed by atoms with van der Waals surface area (Å²) in [5.41, 5.74) is 0.683. The number of anilines is 1. The third-order valence-electron chi connectivity index (χ3n) is 3.65. The second kappa shape index (κ2) is 7.39. The van der Waals surface area contributed by atoms with E-state index in [0.29, 0.717) is 11.3 Å². The molecule has 0 aliphatic heterocycles. The molecule has 9 heteroatoms. The highest BCUT2D eigenvalue weighted by Gasteiger charge is 2.19. The second-order valence-electron chi connectivity index (χ2n) is 5.20. The number of benzene rings is 2. The summed E-state index contributed by atoms with van der Waals surface area (Å²) < 4.78 is 5.07. The van der Waals surface area contributed by atoms with E-state index in [1.165, 1.54) is 49.6 Å². The van der Waals surface area contributed by atoms with Gasteiger partial charge in [-0.1, -0.05) is 12.1 Å². The van der Waals surface area contributed by atoms with Crippen LogP contribution in [0.2, 0.25) is 0 Å². The average Bonchev–Trinajstić information content (AvgIpc) is 2.61. The first kappa shape index (κ1) is 17.9. The van der Waals surface area contributed by atoms with Crippen LogP contribution in [-0.4, -0.2) is 22.9 Å². The summed E-state index contributed by atoms with van der Waals surface area (Å²) >= 11 is 0. The van der Waals surface area contributed by atoms with Crippen LogP contribution in [0, 0.1) is 20.2 Å². The van der Waals surface area contributed by atoms with Crippen molar-refractivity contribution in [2.45, 2.75) is 12.8 Å². The average molecular weight is 345 g/mol. The van der Waals surface area contributed by atoms with Gasteiger partial charge in [0.15, 0.2) is 0 Å². The largest absolute Gasteiger partial charge is 0.494 e. The number of nitrogens with one attached hydrogen (secondary N) is 1. The van der Waals surface area contributed by atoms with Crippen LogP contribution in [0.5, 0.6) is 5.75 Å². The van der Waals surface area contributed by atoms with Gasteiger partial charge in [-0.2, -0.15) is 0 Å². The number of non-ortho nitro benzene ring substituents is 2. The van der Waals surface area contributed by atoms with E-state index in [1.54, 1.807) is 6.92 Å². The SMILES string of the molecule is COc1cc([N+](=O)[O-])ccc1NC(=O)[C@@H](C)c1ccc([N+](=O)[O-])cc1. The Morgan fingerprint density at radius 2 is 1.60 bits per heavy atom. The molecule has 0 aromatic heterocycles. The van der Waals surface area contributed by atoms with Crippen molar-refractivity contribution in [3.8, 4) is 5.75 Å². The Morgan fingerprint density at radius 1 is 1.04 bits per heavy atom. The predicted molar refractivity (Wildman–Crippen MR) is 89.8 cm³/mol. The van der Waals surface area contributed by atoms with Crippen LogP contribution in [-0.2, 0) is 4.79 Å². The van der Waals surface area contributed by atoms with Crippen molar-refractivity contribution in [1.82, 2.24) is 0 Å². The lowest BCUT2D eigenvalue weighted by atomic mass is 10.00. The van der Waals surface area contributed by atoms with Crippen molar-refractivity contribution in [3.63, 3.8) is 0 Å². The van der Waals surface area contributed by atoms with Crippen LogP contribution in [0.15, 0.2) is 42.5 Å². The van der Waals surface area contributed by atoms with E-state index in [4.69, 9.17) is 4.74 Å². The van der Waals surface area contributed by atoms with Gasteiger partial charge in [-0.3, -0.25) is 25.0 Å². The number of rotatable bonds is 6. The Bertz CT molecular complexity index is 819. The summed E-state index contributed by atoms with van der Waals surface area (Å²) in [4.78, 5) is 32.8. The molecule has 0 heterocycles. The van der Waals surface area contributed by atoms with E-state index >= 15 is 0 Å². The van der Waals surface area contributed by atoms with Crippen LogP contribution in [0.25, 0.3) is 0 Å². The highest BCUT2D eigenvalue weighted by molar-refractivity contribution is 5.97. The van der Waals surface area contributed by atoms with E-state index in [-0.39, 0.29) is 23.0 Å². The molecule has 2 rings (SSSR count). The summed E-state index contributed by atoms with van der Waals surface area (Å²) in [6.45, 7) is 1.65. The van der Waals surface area contributed by atoms with Gasteiger partial charge in [0, 0.05) is 18.2 Å². The number of hydrogen-bond acceptors (Lipinski definition) is 6. The number of hydrogen-bond donors (Lipinski definition) is 1. The van der Waals surface area contributed by atoms with Gasteiger partial charge >= 0.3 is 0 Å². The highest BCUT2D eigenvalue weighted by atomic mass is 16.6. The van der Waals surface area contributed by atoms with Crippen molar-refractivity contribution in [2.75, 3.05) is 12.4 Å². The number of nitro groups is 2. The van der Waals surface area contributed by atoms with Gasteiger partial charge in [0.25, 0.3) is 11.4 Å². The molecule has 0 saturated heterocycles. The summed E-state index contributed by atoms with van der Waals surface area (Å²) in [5.74, 6) is -0.792. The standard InChI is InChI=1S/C16H15N3O6/c1-10(11-3-5-12(6-4-11)18(21)22)16(20)17-14-8-7-13(19(23)24)9-15(14)25-2/h3-10H,1-2H3,(H,17,20)/t10-/m0/s1. The minimum absolute atomic E-state index is 0.0617. The molecule has 2 aromatic carbocycles. The molecule has 9 nitrogen and oxygen atoms in total. The number of carbonyl (C=O) groups is 1. The van der Waals surface area contributed by atoms with Crippen LogP contribution >= 0.6 is 0 Å². The lowest BCUT2D eigenvalue weighted by Crippen LogP contribution is -2.19. The van der Waals surface area contributed by atoms with E-state index < -0.39 is 15.8 Å². The van der Waals surface area contributed by atoms with Gasteiger partial charge in [-0.05, 0) is 18.6 Å². The Morgan fingerprint density at radius 3 is 2.12 bits per heavy atom.